The minimum absolute atomic E-state index is 0.386. The SMILES string of the molecule is COc1ccc(-c2cnn3c(N)c(-c4nc(-c5ccc(Cl)cc5)cs4)nnc23)cc1. The number of anilines is 1. The number of hydrogen-bond donors (Lipinski definition) is 1. The zero-order valence-corrected chi connectivity index (χ0v) is 17.4. The Morgan fingerprint density at radius 1 is 1.00 bits per heavy atom. The average molecular weight is 435 g/mol. The number of halogens is 1. The normalized spacial score (nSPS) is 11.1. The Morgan fingerprint density at radius 3 is 2.47 bits per heavy atom. The van der Waals surface area contributed by atoms with E-state index in [9.17, 15) is 0 Å². The maximum Gasteiger partial charge on any atom is 0.187 e. The standard InChI is InChI=1S/C21H15ClN6OS/c1-29-15-8-4-12(5-9-15)16-10-24-28-19(23)18(26-27-20(16)28)21-25-17(11-30-21)13-2-6-14(22)7-3-13/h2-11H,23H2,1H3. The summed E-state index contributed by atoms with van der Waals surface area (Å²) in [5.74, 6) is 1.17. The molecule has 148 valence electrons. The molecule has 0 aliphatic heterocycles. The van der Waals surface area contributed by atoms with Crippen LogP contribution in [-0.4, -0.2) is 31.9 Å². The molecule has 0 spiro atoms. The summed E-state index contributed by atoms with van der Waals surface area (Å²) >= 11 is 7.42. The molecule has 3 heterocycles. The van der Waals surface area contributed by atoms with Crippen LogP contribution in [0.15, 0.2) is 60.1 Å². The van der Waals surface area contributed by atoms with E-state index in [4.69, 9.17) is 22.1 Å². The molecule has 0 saturated carbocycles. The Hall–Kier alpha value is -3.49. The van der Waals surface area contributed by atoms with Crippen LogP contribution in [-0.2, 0) is 0 Å². The molecule has 0 atom stereocenters. The van der Waals surface area contributed by atoms with Crippen LogP contribution in [0.25, 0.3) is 38.7 Å². The van der Waals surface area contributed by atoms with Crippen molar-refractivity contribution < 1.29 is 4.74 Å². The fourth-order valence-electron chi connectivity index (χ4n) is 3.13. The van der Waals surface area contributed by atoms with Gasteiger partial charge < -0.3 is 10.5 Å². The highest BCUT2D eigenvalue weighted by Crippen LogP contribution is 2.33. The highest BCUT2D eigenvalue weighted by molar-refractivity contribution is 7.13. The lowest BCUT2D eigenvalue weighted by atomic mass is 10.1. The van der Waals surface area contributed by atoms with Gasteiger partial charge in [-0.2, -0.15) is 9.61 Å². The summed E-state index contributed by atoms with van der Waals surface area (Å²) in [4.78, 5) is 4.67. The summed E-state index contributed by atoms with van der Waals surface area (Å²) in [5.41, 5.74) is 11.0. The van der Waals surface area contributed by atoms with Crippen molar-refractivity contribution in [2.45, 2.75) is 0 Å². The quantitative estimate of drug-likeness (QED) is 0.435. The lowest BCUT2D eigenvalue weighted by molar-refractivity contribution is 0.415. The smallest absolute Gasteiger partial charge is 0.187 e. The van der Waals surface area contributed by atoms with Crippen molar-refractivity contribution in [2.75, 3.05) is 12.8 Å². The Morgan fingerprint density at radius 2 is 1.73 bits per heavy atom. The van der Waals surface area contributed by atoms with Crippen molar-refractivity contribution in [1.29, 1.82) is 0 Å². The number of aromatic nitrogens is 5. The van der Waals surface area contributed by atoms with Gasteiger partial charge in [0, 0.05) is 21.5 Å². The van der Waals surface area contributed by atoms with E-state index in [2.05, 4.69) is 20.3 Å². The fourth-order valence-corrected chi connectivity index (χ4v) is 4.07. The maximum atomic E-state index is 6.38. The van der Waals surface area contributed by atoms with Gasteiger partial charge in [-0.1, -0.05) is 35.9 Å². The molecule has 7 nitrogen and oxygen atoms in total. The van der Waals surface area contributed by atoms with Gasteiger partial charge in [-0.3, -0.25) is 0 Å². The second-order valence-corrected chi connectivity index (χ2v) is 7.80. The third-order valence-electron chi connectivity index (χ3n) is 4.71. The molecule has 2 aromatic carbocycles. The molecule has 2 N–H and O–H groups in total. The Balaban J connectivity index is 1.54. The molecule has 0 aliphatic rings. The van der Waals surface area contributed by atoms with Gasteiger partial charge in [0.05, 0.1) is 19.0 Å². The fraction of sp³-hybridized carbons (Fsp3) is 0.0476. The Labute approximate surface area is 180 Å². The van der Waals surface area contributed by atoms with Crippen LogP contribution < -0.4 is 10.5 Å². The molecular formula is C21H15ClN6OS. The topological polar surface area (TPSA) is 91.2 Å². The van der Waals surface area contributed by atoms with E-state index >= 15 is 0 Å². The number of rotatable bonds is 4. The van der Waals surface area contributed by atoms with Crippen LogP contribution in [0.5, 0.6) is 5.75 Å². The summed E-state index contributed by atoms with van der Waals surface area (Å²) in [6, 6.07) is 15.2. The number of fused-ring (bicyclic) bond motifs is 1. The number of nitrogens with two attached hydrogens (primary N) is 1. The first-order valence-electron chi connectivity index (χ1n) is 9.00. The average Bonchev–Trinajstić information content (AvgIpc) is 3.43. The van der Waals surface area contributed by atoms with Gasteiger partial charge in [0.1, 0.15) is 10.8 Å². The van der Waals surface area contributed by atoms with Crippen LogP contribution in [0, 0.1) is 0 Å². The highest BCUT2D eigenvalue weighted by atomic mass is 35.5. The third-order valence-corrected chi connectivity index (χ3v) is 5.81. The predicted octanol–water partition coefficient (Wildman–Crippen LogP) is 4.83. The molecule has 0 amide bonds. The Bertz CT molecular complexity index is 1340. The second kappa shape index (κ2) is 7.40. The molecule has 5 aromatic rings. The van der Waals surface area contributed by atoms with Crippen LogP contribution >= 0.6 is 22.9 Å². The number of nitrogens with zero attached hydrogens (tertiary/aromatic N) is 5. The first kappa shape index (κ1) is 18.5. The minimum Gasteiger partial charge on any atom is -0.497 e. The van der Waals surface area contributed by atoms with Crippen molar-refractivity contribution in [3.05, 3.63) is 65.1 Å². The molecule has 0 aliphatic carbocycles. The van der Waals surface area contributed by atoms with E-state index in [-0.39, 0.29) is 0 Å². The van der Waals surface area contributed by atoms with Gasteiger partial charge in [-0.25, -0.2) is 4.98 Å². The van der Waals surface area contributed by atoms with E-state index in [1.807, 2.05) is 53.9 Å². The van der Waals surface area contributed by atoms with Gasteiger partial charge >= 0.3 is 0 Å². The first-order chi connectivity index (χ1) is 14.6. The lowest BCUT2D eigenvalue weighted by Gasteiger charge is -2.04. The summed E-state index contributed by atoms with van der Waals surface area (Å²) in [6.45, 7) is 0. The number of nitrogen functional groups attached to an aromatic ring is 1. The largest absolute Gasteiger partial charge is 0.497 e. The Kier molecular flexibility index (Phi) is 4.57. The van der Waals surface area contributed by atoms with Crippen molar-refractivity contribution in [1.82, 2.24) is 24.8 Å². The van der Waals surface area contributed by atoms with Gasteiger partial charge in [-0.15, -0.1) is 21.5 Å². The zero-order chi connectivity index (χ0) is 20.7. The van der Waals surface area contributed by atoms with Crippen LogP contribution in [0.4, 0.5) is 5.82 Å². The maximum absolute atomic E-state index is 6.38. The second-order valence-electron chi connectivity index (χ2n) is 6.50. The third kappa shape index (κ3) is 3.16. The van der Waals surface area contributed by atoms with Crippen molar-refractivity contribution >= 4 is 34.4 Å². The monoisotopic (exact) mass is 434 g/mol. The van der Waals surface area contributed by atoms with Gasteiger partial charge in [0.25, 0.3) is 0 Å². The molecule has 0 saturated heterocycles. The first-order valence-corrected chi connectivity index (χ1v) is 10.3. The minimum atomic E-state index is 0.386. The zero-order valence-electron chi connectivity index (χ0n) is 15.8. The number of ether oxygens (including phenoxy) is 1. The predicted molar refractivity (Wildman–Crippen MR) is 119 cm³/mol. The van der Waals surface area contributed by atoms with Crippen molar-refractivity contribution in [3.8, 4) is 38.8 Å². The van der Waals surface area contributed by atoms with Crippen LogP contribution in [0.2, 0.25) is 5.02 Å². The molecule has 9 heteroatoms. The van der Waals surface area contributed by atoms with E-state index in [0.717, 1.165) is 28.1 Å². The number of hydrogen-bond acceptors (Lipinski definition) is 7. The highest BCUT2D eigenvalue weighted by Gasteiger charge is 2.18. The van der Waals surface area contributed by atoms with Crippen LogP contribution in [0.1, 0.15) is 0 Å². The molecule has 0 fully saturated rings. The summed E-state index contributed by atoms with van der Waals surface area (Å²) < 4.78 is 6.80. The summed E-state index contributed by atoms with van der Waals surface area (Å²) in [5, 5.41) is 16.5. The molecule has 5 rings (SSSR count). The van der Waals surface area contributed by atoms with Crippen molar-refractivity contribution in [2.24, 2.45) is 0 Å². The number of thiazole rings is 1. The molecule has 30 heavy (non-hydrogen) atoms. The molecule has 0 unspecified atom stereocenters. The number of benzene rings is 2. The van der Waals surface area contributed by atoms with Crippen LogP contribution in [0.3, 0.4) is 0 Å². The molecular weight excluding hydrogens is 420 g/mol. The van der Waals surface area contributed by atoms with E-state index in [1.54, 1.807) is 17.8 Å². The van der Waals surface area contributed by atoms with E-state index in [1.165, 1.54) is 11.3 Å². The molecule has 0 bridgehead atoms. The van der Waals surface area contributed by atoms with Gasteiger partial charge in [0.2, 0.25) is 0 Å². The van der Waals surface area contributed by atoms with Gasteiger partial charge in [0.15, 0.2) is 17.2 Å². The van der Waals surface area contributed by atoms with E-state index < -0.39 is 0 Å². The number of methoxy groups -OCH3 is 1. The molecule has 0 radical (unpaired) electrons. The van der Waals surface area contributed by atoms with E-state index in [0.29, 0.717) is 27.2 Å². The van der Waals surface area contributed by atoms with Gasteiger partial charge in [-0.05, 0) is 29.8 Å². The van der Waals surface area contributed by atoms with Crippen molar-refractivity contribution in [3.63, 3.8) is 0 Å². The summed E-state index contributed by atoms with van der Waals surface area (Å²) in [6.07, 6.45) is 1.73. The summed E-state index contributed by atoms with van der Waals surface area (Å²) in [7, 11) is 1.63. The molecule has 3 aromatic heterocycles. The lowest BCUT2D eigenvalue weighted by Crippen LogP contribution is -2.05.